The molecule has 10 heteroatoms. The summed E-state index contributed by atoms with van der Waals surface area (Å²) in [6, 6.07) is 13.1. The molecule has 0 unspecified atom stereocenters. The van der Waals surface area contributed by atoms with Crippen molar-refractivity contribution in [2.24, 2.45) is 0 Å². The smallest absolute Gasteiger partial charge is 0.318 e. The fraction of sp³-hybridized carbons (Fsp3) is 0.486. The molecule has 3 aliphatic rings. The number of nitrogens with zero attached hydrogens (tertiary/aromatic N) is 7. The normalized spacial score (nSPS) is 19.0. The van der Waals surface area contributed by atoms with E-state index >= 15 is 0 Å². The van der Waals surface area contributed by atoms with Crippen LogP contribution in [0.25, 0.3) is 15.6 Å². The molecule has 9 nitrogen and oxygen atoms in total. The quantitative estimate of drug-likeness (QED) is 0.226. The maximum absolute atomic E-state index is 12.6. The van der Waals surface area contributed by atoms with Gasteiger partial charge in [0.1, 0.15) is 18.5 Å². The Bertz CT molecular complexity index is 1580. The highest BCUT2D eigenvalue weighted by atomic mass is 35.5. The molecule has 3 heterocycles. The second-order valence-electron chi connectivity index (χ2n) is 12.3. The zero-order chi connectivity index (χ0) is 31.3. The third-order valence-electron chi connectivity index (χ3n) is 9.61. The van der Waals surface area contributed by atoms with Gasteiger partial charge in [-0.2, -0.15) is 9.97 Å². The van der Waals surface area contributed by atoms with Crippen molar-refractivity contribution in [1.29, 1.82) is 0 Å². The van der Waals surface area contributed by atoms with Crippen LogP contribution in [-0.4, -0.2) is 90.7 Å². The number of fused-ring (bicyclic) bond motifs is 2. The summed E-state index contributed by atoms with van der Waals surface area (Å²) in [7, 11) is 2.19. The van der Waals surface area contributed by atoms with Crippen molar-refractivity contribution in [2.45, 2.75) is 57.2 Å². The molecule has 2 aromatic carbocycles. The second kappa shape index (κ2) is 14.1. The molecule has 1 saturated heterocycles. The first-order chi connectivity index (χ1) is 22.0. The van der Waals surface area contributed by atoms with E-state index in [9.17, 15) is 4.79 Å². The lowest BCUT2D eigenvalue weighted by Crippen LogP contribution is -2.56. The van der Waals surface area contributed by atoms with Crippen LogP contribution < -0.4 is 14.5 Å². The minimum atomic E-state index is -0.237. The topological polar surface area (TPSA) is 69.4 Å². The number of piperazine rings is 1. The van der Waals surface area contributed by atoms with Crippen molar-refractivity contribution in [3.8, 4) is 6.01 Å². The van der Waals surface area contributed by atoms with E-state index in [1.807, 2.05) is 12.1 Å². The molecular formula is C35H42ClN7O2. The molecule has 0 spiro atoms. The number of carbonyl (C=O) groups is 1. The van der Waals surface area contributed by atoms with Gasteiger partial charge in [-0.15, -0.1) is 0 Å². The highest BCUT2D eigenvalue weighted by molar-refractivity contribution is 6.36. The van der Waals surface area contributed by atoms with Gasteiger partial charge < -0.3 is 29.2 Å². The average molecular weight is 628 g/mol. The van der Waals surface area contributed by atoms with Crippen LogP contribution in [0.1, 0.15) is 43.4 Å². The molecule has 1 atom stereocenters. The maximum Gasteiger partial charge on any atom is 0.318 e. The summed E-state index contributed by atoms with van der Waals surface area (Å²) in [5.74, 6) is 0.718. The summed E-state index contributed by atoms with van der Waals surface area (Å²) < 4.78 is 6.29. The fourth-order valence-electron chi connectivity index (χ4n) is 7.16. The number of hydrogen-bond donors (Lipinski definition) is 0. The number of benzene rings is 2. The van der Waals surface area contributed by atoms with Gasteiger partial charge in [0.15, 0.2) is 0 Å². The first-order valence-corrected chi connectivity index (χ1v) is 16.5. The van der Waals surface area contributed by atoms with Crippen LogP contribution in [0.4, 0.5) is 11.5 Å². The summed E-state index contributed by atoms with van der Waals surface area (Å²) >= 11 is 6.72. The molecule has 1 saturated carbocycles. The minimum Gasteiger partial charge on any atom is -0.462 e. The molecular weight excluding hydrogens is 586 g/mol. The molecule has 1 aliphatic carbocycles. The van der Waals surface area contributed by atoms with E-state index in [1.54, 1.807) is 4.90 Å². The molecule has 236 valence electrons. The standard InChI is InChI=1S/C35H42ClN7O2/c1-4-32(44)43-19-18-42(23-27(43)22-37-2)34-28-16-17-41(31-15-9-11-25-10-8-14-29(36)33(25)31)24-30(28)38-35(39-34)45-21-20-40(3)26-12-6-5-7-13-26/h4,8-11,14-15,26-27H,1,5-7,12-13,16-24H2,3H3/t27-/m0/s1. The predicted molar refractivity (Wildman–Crippen MR) is 180 cm³/mol. The first kappa shape index (κ1) is 31.1. The number of rotatable bonds is 9. The summed E-state index contributed by atoms with van der Waals surface area (Å²) in [5, 5.41) is 2.89. The van der Waals surface area contributed by atoms with Crippen molar-refractivity contribution >= 4 is 39.8 Å². The van der Waals surface area contributed by atoms with Crippen LogP contribution in [0.3, 0.4) is 0 Å². The third-order valence-corrected chi connectivity index (χ3v) is 9.93. The van der Waals surface area contributed by atoms with Crippen LogP contribution in [0.2, 0.25) is 5.02 Å². The van der Waals surface area contributed by atoms with Gasteiger partial charge in [-0.1, -0.05) is 61.7 Å². The summed E-state index contributed by atoms with van der Waals surface area (Å²) in [6.07, 6.45) is 8.52. The first-order valence-electron chi connectivity index (χ1n) is 16.1. The van der Waals surface area contributed by atoms with Gasteiger partial charge in [0.25, 0.3) is 0 Å². The van der Waals surface area contributed by atoms with Crippen molar-refractivity contribution in [3.05, 3.63) is 76.8 Å². The van der Waals surface area contributed by atoms with E-state index in [-0.39, 0.29) is 18.5 Å². The summed E-state index contributed by atoms with van der Waals surface area (Å²) in [4.78, 5) is 34.9. The summed E-state index contributed by atoms with van der Waals surface area (Å²) in [5.41, 5.74) is 3.14. The van der Waals surface area contributed by atoms with Crippen molar-refractivity contribution in [2.75, 3.05) is 62.7 Å². The lowest BCUT2D eigenvalue weighted by atomic mass is 9.94. The van der Waals surface area contributed by atoms with Gasteiger partial charge in [-0.25, -0.2) is 6.57 Å². The largest absolute Gasteiger partial charge is 0.462 e. The van der Waals surface area contributed by atoms with E-state index in [1.165, 1.54) is 38.2 Å². The van der Waals surface area contributed by atoms with E-state index in [0.717, 1.165) is 58.1 Å². The Morgan fingerprint density at radius 2 is 1.93 bits per heavy atom. The van der Waals surface area contributed by atoms with E-state index in [2.05, 4.69) is 57.4 Å². The van der Waals surface area contributed by atoms with Crippen LogP contribution in [0, 0.1) is 6.57 Å². The van der Waals surface area contributed by atoms with Crippen LogP contribution in [0.5, 0.6) is 6.01 Å². The lowest BCUT2D eigenvalue weighted by Gasteiger charge is -2.41. The molecule has 0 bridgehead atoms. The Morgan fingerprint density at radius 1 is 1.13 bits per heavy atom. The average Bonchev–Trinajstić information content (AvgIpc) is 3.07. The maximum atomic E-state index is 12.6. The third kappa shape index (κ3) is 6.73. The van der Waals surface area contributed by atoms with Crippen molar-refractivity contribution in [3.63, 3.8) is 0 Å². The Morgan fingerprint density at radius 3 is 2.71 bits per heavy atom. The van der Waals surface area contributed by atoms with E-state index < -0.39 is 0 Å². The number of carbonyl (C=O) groups excluding carboxylic acids is 1. The van der Waals surface area contributed by atoms with Crippen LogP contribution >= 0.6 is 11.6 Å². The Kier molecular flexibility index (Phi) is 9.72. The molecule has 6 rings (SSSR count). The van der Waals surface area contributed by atoms with E-state index in [0.29, 0.717) is 44.8 Å². The lowest BCUT2D eigenvalue weighted by molar-refractivity contribution is -0.128. The number of anilines is 2. The number of hydrogen-bond acceptors (Lipinski definition) is 7. The molecule has 45 heavy (non-hydrogen) atoms. The molecule has 0 radical (unpaired) electrons. The van der Waals surface area contributed by atoms with Gasteiger partial charge in [0.2, 0.25) is 12.5 Å². The van der Waals surface area contributed by atoms with Crippen molar-refractivity contribution in [1.82, 2.24) is 19.8 Å². The second-order valence-corrected chi connectivity index (χ2v) is 12.7. The van der Waals surface area contributed by atoms with Crippen molar-refractivity contribution < 1.29 is 9.53 Å². The monoisotopic (exact) mass is 627 g/mol. The van der Waals surface area contributed by atoms with E-state index in [4.69, 9.17) is 32.9 Å². The number of halogens is 1. The number of aromatic nitrogens is 2. The molecule has 3 aromatic rings. The number of amides is 1. The molecule has 2 aliphatic heterocycles. The zero-order valence-corrected chi connectivity index (χ0v) is 26.9. The fourth-order valence-corrected chi connectivity index (χ4v) is 7.44. The van der Waals surface area contributed by atoms with Gasteiger partial charge in [-0.3, -0.25) is 4.79 Å². The molecule has 2 fully saturated rings. The Balaban J connectivity index is 1.29. The van der Waals surface area contributed by atoms with Gasteiger partial charge in [-0.05, 0) is 49.9 Å². The van der Waals surface area contributed by atoms with Gasteiger partial charge in [0, 0.05) is 55.4 Å². The SMILES string of the molecule is [C-]#[N+]C[C@H]1CN(c2nc(OCCN(C)C3CCCCC3)nc3c2CCN(c2cccc4cccc(Cl)c24)C3)CCN1C(=O)C=C. The Labute approximate surface area is 271 Å². The highest BCUT2D eigenvalue weighted by Gasteiger charge is 2.35. The molecule has 0 N–H and O–H groups in total. The number of ether oxygens (including phenoxy) is 1. The van der Waals surface area contributed by atoms with Crippen LogP contribution in [0.15, 0.2) is 49.1 Å². The van der Waals surface area contributed by atoms with Gasteiger partial charge >= 0.3 is 6.01 Å². The van der Waals surface area contributed by atoms with Crippen LogP contribution in [-0.2, 0) is 17.8 Å². The molecule has 1 aromatic heterocycles. The minimum absolute atomic E-state index is 0.136. The predicted octanol–water partition coefficient (Wildman–Crippen LogP) is 5.61. The number of likely N-dealkylation sites (N-methyl/N-ethyl adjacent to an activating group) is 1. The summed E-state index contributed by atoms with van der Waals surface area (Å²) in [6.45, 7) is 15.8. The molecule has 1 amide bonds. The Hall–Kier alpha value is -3.87. The van der Waals surface area contributed by atoms with Gasteiger partial charge in [0.05, 0.1) is 17.3 Å². The zero-order valence-electron chi connectivity index (χ0n) is 26.1. The highest BCUT2D eigenvalue weighted by Crippen LogP contribution is 2.37.